The molecule has 9 aliphatic rings. The molecule has 0 aromatic carbocycles. The zero-order valence-electron chi connectivity index (χ0n) is 53.5. The number of aliphatic hydroxyl groups excluding tert-OH is 13. The van der Waals surface area contributed by atoms with Gasteiger partial charge in [-0.3, -0.25) is 14.4 Å². The predicted molar refractivity (Wildman–Crippen MR) is 312 cm³/mol. The molecular weight excluding hydrogens is 1220 g/mol. The average molecular weight is 1320 g/mol. The lowest BCUT2D eigenvalue weighted by molar-refractivity contribution is -0.381. The van der Waals surface area contributed by atoms with Gasteiger partial charge < -0.3 is 135 Å². The minimum absolute atomic E-state index is 0.0567. The van der Waals surface area contributed by atoms with Crippen molar-refractivity contribution in [2.24, 2.45) is 34.0 Å². The van der Waals surface area contributed by atoms with Gasteiger partial charge in [-0.15, -0.1) is 0 Å². The molecule has 0 aromatic rings. The Morgan fingerprint density at radius 3 is 1.71 bits per heavy atom. The first-order valence-electron chi connectivity index (χ1n) is 32.1. The Kier molecular flexibility index (Phi) is 22.7. The van der Waals surface area contributed by atoms with Crippen LogP contribution in [0.2, 0.25) is 0 Å². The normalized spacial score (nSPS) is 48.8. The quantitative estimate of drug-likeness (QED) is 0.0310. The van der Waals surface area contributed by atoms with E-state index in [2.05, 4.69) is 30.6 Å². The molecule has 0 bridgehead atoms. The highest BCUT2D eigenvalue weighted by Gasteiger charge is 2.72. The fourth-order valence-corrected chi connectivity index (χ4v) is 17.0. The molecule has 5 saturated heterocycles. The van der Waals surface area contributed by atoms with Gasteiger partial charge in [-0.05, 0) is 93.6 Å². The van der Waals surface area contributed by atoms with Gasteiger partial charge in [0, 0.05) is 31.1 Å². The highest BCUT2D eigenvalue weighted by atomic mass is 16.8. The van der Waals surface area contributed by atoms with Gasteiger partial charge in [0.25, 0.3) is 0 Å². The Bertz CT molecular complexity index is 2630. The number of ether oxygens (including phenoxy) is 10. The Morgan fingerprint density at radius 1 is 0.598 bits per heavy atom. The van der Waals surface area contributed by atoms with E-state index >= 15 is 0 Å². The lowest BCUT2D eigenvalue weighted by Gasteiger charge is -2.68. The number of rotatable bonds is 20. The number of hydrogen-bond donors (Lipinski definition) is 17. The minimum atomic E-state index is -2.01. The van der Waals surface area contributed by atoms with Crippen LogP contribution in [0.15, 0.2) is 23.3 Å². The van der Waals surface area contributed by atoms with Crippen molar-refractivity contribution in [1.82, 2.24) is 10.6 Å². The summed E-state index contributed by atoms with van der Waals surface area (Å²) in [6, 6.07) is -3.19. The van der Waals surface area contributed by atoms with E-state index in [4.69, 9.17) is 47.4 Å². The maximum absolute atomic E-state index is 13.5. The number of amides is 2. The second kappa shape index (κ2) is 28.5. The van der Waals surface area contributed by atoms with E-state index in [0.717, 1.165) is 37.8 Å². The number of carbonyl (C=O) groups excluding carboxylic acids is 3. The van der Waals surface area contributed by atoms with Gasteiger partial charge in [-0.2, -0.15) is 0 Å². The summed E-state index contributed by atoms with van der Waals surface area (Å²) in [5.41, 5.74) is -3.71. The van der Waals surface area contributed by atoms with Crippen LogP contribution in [0.3, 0.4) is 0 Å². The van der Waals surface area contributed by atoms with Crippen LogP contribution in [-0.2, 0) is 61.8 Å². The van der Waals surface area contributed by atoms with Gasteiger partial charge in [0.05, 0.1) is 50.3 Å². The number of carbonyl (C=O) groups is 3. The maximum Gasteiger partial charge on any atom is 0.217 e. The molecule has 0 unspecified atom stereocenters. The molecule has 17 N–H and O–H groups in total. The molecule has 0 aromatic heterocycles. The van der Waals surface area contributed by atoms with Crippen molar-refractivity contribution in [1.29, 1.82) is 0 Å². The molecule has 4 aliphatic carbocycles. The van der Waals surface area contributed by atoms with Crippen LogP contribution in [0.5, 0.6) is 0 Å². The van der Waals surface area contributed by atoms with E-state index < -0.39 is 220 Å². The molecule has 92 heavy (non-hydrogen) atoms. The number of allylic oxidation sites excluding steroid dienone is 3. The summed E-state index contributed by atoms with van der Waals surface area (Å²) < 4.78 is 61.4. The number of aliphatic hydroxyl groups is 15. The number of fused-ring (bicyclic) bond motifs is 5. The van der Waals surface area contributed by atoms with Crippen molar-refractivity contribution < 1.29 is 138 Å². The average Bonchev–Trinajstić information content (AvgIpc) is 1.05. The molecule has 5 aliphatic heterocycles. The lowest BCUT2D eigenvalue weighted by atomic mass is 9.40. The fraction of sp³-hybridized carbons (Fsp3) is 0.887. The zero-order valence-corrected chi connectivity index (χ0v) is 53.5. The number of hydrogen-bond acceptors (Lipinski definition) is 28. The van der Waals surface area contributed by atoms with Crippen LogP contribution in [0.25, 0.3) is 0 Å². The monoisotopic (exact) mass is 1320 g/mol. The van der Waals surface area contributed by atoms with Crippen LogP contribution >= 0.6 is 0 Å². The van der Waals surface area contributed by atoms with Crippen molar-refractivity contribution in [3.8, 4) is 0 Å². The van der Waals surface area contributed by atoms with Crippen molar-refractivity contribution in [3.05, 3.63) is 23.3 Å². The van der Waals surface area contributed by atoms with Crippen molar-refractivity contribution in [2.75, 3.05) is 33.0 Å². The summed E-state index contributed by atoms with van der Waals surface area (Å²) in [6.07, 6.45) is -33.3. The Morgan fingerprint density at radius 2 is 1.12 bits per heavy atom. The van der Waals surface area contributed by atoms with Crippen LogP contribution in [0, 0.1) is 34.0 Å². The molecule has 5 heterocycles. The minimum Gasteiger partial charge on any atom is -0.394 e. The molecule has 2 amide bonds. The molecular formula is C62H100N2O28. The van der Waals surface area contributed by atoms with Gasteiger partial charge in [0.1, 0.15) is 116 Å². The number of ketones is 1. The second-order valence-electron chi connectivity index (χ2n) is 28.4. The number of nitrogens with one attached hydrogen (secondary N) is 2. The van der Waals surface area contributed by atoms with Gasteiger partial charge >= 0.3 is 0 Å². The van der Waals surface area contributed by atoms with Gasteiger partial charge in [0.15, 0.2) is 37.2 Å². The van der Waals surface area contributed by atoms with E-state index in [0.29, 0.717) is 19.3 Å². The standard InChI is InChI=1S/C62H100N2O28/c1-25(2)18-29(70)19-26(3)30-10-11-36-59(30,8)14-12-37-60(9)15-13-38(58(6,7)62(60,82)17-16-61(36,37)81)90-57-51(45(75)35(24-84-57)89-53-39(63-27(4)68)46(76)41(71)31(20-65)85-53)91-54-40(64-28(5)69)47(77)44(74)34(88-54)23-83-56-52(49(79)43(73)33(22-67)87-56)92-55-50(80)48(78)42(72)32(21-66)86-55/h12,18,26,30-36,38-57,65-67,71-82H,10-11,13-17,19-24H2,1-9H3,(H,63,68)(H,64,69)/t26-,30-,31-,32-,33-,34-,35-,36-,38+,39-,40-,41+,42-,43-,44-,45+,46-,47-,48+,49+,50-,51-,52-,53+,54+,55+,56-,57+,59-,60-,61+,62-/m1/s1. The van der Waals surface area contributed by atoms with Crippen LogP contribution in [0.4, 0.5) is 0 Å². The van der Waals surface area contributed by atoms with Crippen LogP contribution in [-0.4, -0.2) is 292 Å². The molecule has 0 radical (unpaired) electrons. The first-order valence-corrected chi connectivity index (χ1v) is 32.1. The molecule has 32 atom stereocenters. The predicted octanol–water partition coefficient (Wildman–Crippen LogP) is -4.60. The zero-order chi connectivity index (χ0) is 67.6. The topological polar surface area (TPSA) is 471 Å². The van der Waals surface area contributed by atoms with E-state index in [-0.39, 0.29) is 48.2 Å². The summed E-state index contributed by atoms with van der Waals surface area (Å²) in [5, 5.41) is 174. The van der Waals surface area contributed by atoms with Gasteiger partial charge in [0.2, 0.25) is 11.8 Å². The lowest BCUT2D eigenvalue weighted by Crippen LogP contribution is -2.72. The van der Waals surface area contributed by atoms with Crippen LogP contribution < -0.4 is 10.6 Å². The summed E-state index contributed by atoms with van der Waals surface area (Å²) in [6.45, 7) is 12.0. The third-order valence-corrected chi connectivity index (χ3v) is 22.0. The van der Waals surface area contributed by atoms with E-state index in [1.807, 2.05) is 34.6 Å². The fourth-order valence-electron chi connectivity index (χ4n) is 17.0. The highest BCUT2D eigenvalue weighted by molar-refractivity contribution is 5.90. The SMILES string of the molecule is CC(=O)N[C@H]1[C@H](O[C@@H]2CO[C@@H](O[C@H]3CC[C@]4(C)C5=CC[C@]6(C)[C@@H]([C@H](C)CC(=O)C=C(C)C)CC[C@H]6[C@@]5(O)CC[C@@]4(O)C3(C)C)[C@H](O[C@@H]3O[C@H](CO[C@@H]4O[C@H](CO)[C@@H](O)[C@H](O)[C@H]4O[C@@H]4O[C@H](CO)[C@@H](O)[C@H](O)[C@H]4O)[C@@H](O)[C@H](O)[C@H]3NC(C)=O)[C@H]2O)O[C@H](CO)[C@H](O)[C@@H]1O. The molecule has 30 nitrogen and oxygen atoms in total. The molecule has 30 heteroatoms. The smallest absolute Gasteiger partial charge is 0.217 e. The van der Waals surface area contributed by atoms with Crippen molar-refractivity contribution in [3.63, 3.8) is 0 Å². The highest BCUT2D eigenvalue weighted by Crippen LogP contribution is 2.71. The van der Waals surface area contributed by atoms with Crippen LogP contribution in [0.1, 0.15) is 114 Å². The maximum atomic E-state index is 13.5. The van der Waals surface area contributed by atoms with Crippen molar-refractivity contribution in [2.45, 2.75) is 278 Å². The molecule has 8 fully saturated rings. The third-order valence-electron chi connectivity index (χ3n) is 22.0. The summed E-state index contributed by atoms with van der Waals surface area (Å²) in [5.74, 6) is -1.33. The van der Waals surface area contributed by atoms with E-state index in [1.165, 1.54) is 0 Å². The molecule has 3 saturated carbocycles. The first kappa shape index (κ1) is 73.3. The Labute approximate surface area is 533 Å². The molecule has 0 spiro atoms. The largest absolute Gasteiger partial charge is 0.394 e. The first-order chi connectivity index (χ1) is 43.1. The van der Waals surface area contributed by atoms with Crippen molar-refractivity contribution >= 4 is 17.6 Å². The Balaban J connectivity index is 1.00. The Hall–Kier alpha value is -2.91. The van der Waals surface area contributed by atoms with E-state index in [9.17, 15) is 91.0 Å². The summed E-state index contributed by atoms with van der Waals surface area (Å²) in [4.78, 5) is 38.5. The van der Waals surface area contributed by atoms with E-state index in [1.54, 1.807) is 6.08 Å². The molecule has 526 valence electrons. The van der Waals surface area contributed by atoms with Gasteiger partial charge in [-0.25, -0.2) is 0 Å². The third kappa shape index (κ3) is 13.4. The summed E-state index contributed by atoms with van der Waals surface area (Å²) in [7, 11) is 0. The molecule has 9 rings (SSSR count). The van der Waals surface area contributed by atoms with Gasteiger partial charge in [-0.1, -0.05) is 46.3 Å². The summed E-state index contributed by atoms with van der Waals surface area (Å²) >= 11 is 0. The second-order valence-corrected chi connectivity index (χ2v) is 28.4.